The first-order valence-corrected chi connectivity index (χ1v) is 5.21. The molecule has 0 saturated heterocycles. The van der Waals surface area contributed by atoms with E-state index in [1.54, 1.807) is 18.7 Å². The number of hydrogen-bond acceptors (Lipinski definition) is 3. The first-order valence-electron chi connectivity index (χ1n) is 4.22. The normalized spacial score (nSPS) is 28.8. The minimum atomic E-state index is -0.909. The molecule has 74 valence electrons. The van der Waals surface area contributed by atoms with Crippen molar-refractivity contribution in [2.45, 2.75) is 33.2 Å². The Balaban J connectivity index is 2.92. The lowest BCUT2D eigenvalue weighted by Gasteiger charge is -2.17. The molecule has 0 saturated carbocycles. The Morgan fingerprint density at radius 1 is 1.62 bits per heavy atom. The van der Waals surface area contributed by atoms with Crippen LogP contribution in [0.5, 0.6) is 0 Å². The van der Waals surface area contributed by atoms with E-state index in [-0.39, 0.29) is 5.41 Å². The first-order chi connectivity index (χ1) is 5.76. The summed E-state index contributed by atoms with van der Waals surface area (Å²) in [4.78, 5) is 15.1. The molecule has 0 amide bonds. The summed E-state index contributed by atoms with van der Waals surface area (Å²) in [6.07, 6.45) is 0. The summed E-state index contributed by atoms with van der Waals surface area (Å²) < 4.78 is 0. The number of thioether (sulfide) groups is 1. The molecule has 1 aliphatic rings. The third kappa shape index (κ3) is 2.05. The molecule has 13 heavy (non-hydrogen) atoms. The van der Waals surface area contributed by atoms with Gasteiger partial charge in [0.15, 0.2) is 5.54 Å². The highest BCUT2D eigenvalue weighted by Gasteiger charge is 2.40. The minimum absolute atomic E-state index is 0.0299. The molecule has 0 spiro atoms. The zero-order valence-electron chi connectivity index (χ0n) is 8.42. The van der Waals surface area contributed by atoms with Gasteiger partial charge in [-0.05, 0) is 6.92 Å². The van der Waals surface area contributed by atoms with Gasteiger partial charge in [0, 0.05) is 11.2 Å². The van der Waals surface area contributed by atoms with Gasteiger partial charge in [0.05, 0.1) is 5.04 Å². The van der Waals surface area contributed by atoms with Crippen molar-refractivity contribution in [2.75, 3.05) is 5.75 Å². The Bertz CT molecular complexity index is 267. The van der Waals surface area contributed by atoms with Crippen molar-refractivity contribution in [3.63, 3.8) is 0 Å². The molecule has 0 bridgehead atoms. The SMILES string of the molecule is CC(C)(C)C1=NC(C)(C(=O)O)CS1. The van der Waals surface area contributed by atoms with Crippen LogP contribution in [0.2, 0.25) is 0 Å². The molecule has 3 nitrogen and oxygen atoms in total. The fourth-order valence-electron chi connectivity index (χ4n) is 0.991. The topological polar surface area (TPSA) is 49.7 Å². The third-order valence-electron chi connectivity index (χ3n) is 1.94. The van der Waals surface area contributed by atoms with E-state index < -0.39 is 11.5 Å². The lowest BCUT2D eigenvalue weighted by atomic mass is 9.97. The Morgan fingerprint density at radius 2 is 2.15 bits per heavy atom. The largest absolute Gasteiger partial charge is 0.479 e. The standard InChI is InChI=1S/C9H15NO2S/c1-8(2,3)6-10-9(4,5-13-6)7(11)12/h5H2,1-4H3,(H,11,12). The van der Waals surface area contributed by atoms with Crippen LogP contribution >= 0.6 is 11.8 Å². The lowest BCUT2D eigenvalue weighted by Crippen LogP contribution is -2.33. The van der Waals surface area contributed by atoms with Gasteiger partial charge in [-0.1, -0.05) is 20.8 Å². The quantitative estimate of drug-likeness (QED) is 0.706. The van der Waals surface area contributed by atoms with Gasteiger partial charge >= 0.3 is 5.97 Å². The van der Waals surface area contributed by atoms with Crippen LogP contribution in [0, 0.1) is 5.41 Å². The van der Waals surface area contributed by atoms with Gasteiger partial charge in [-0.15, -0.1) is 11.8 Å². The van der Waals surface area contributed by atoms with Crippen molar-refractivity contribution in [1.29, 1.82) is 0 Å². The maximum absolute atomic E-state index is 10.9. The highest BCUT2D eigenvalue weighted by atomic mass is 32.2. The van der Waals surface area contributed by atoms with Gasteiger partial charge in [0.2, 0.25) is 0 Å². The second kappa shape index (κ2) is 3.01. The van der Waals surface area contributed by atoms with Crippen molar-refractivity contribution in [2.24, 2.45) is 10.4 Å². The van der Waals surface area contributed by atoms with Gasteiger partial charge in [0.25, 0.3) is 0 Å². The summed E-state index contributed by atoms with van der Waals surface area (Å²) in [5.41, 5.74) is -0.939. The molecular weight excluding hydrogens is 186 g/mol. The Hall–Kier alpha value is -0.510. The van der Waals surface area contributed by atoms with Gasteiger partial charge in [-0.25, -0.2) is 4.79 Å². The summed E-state index contributed by atoms with van der Waals surface area (Å²) in [5.74, 6) is -0.283. The highest BCUT2D eigenvalue weighted by Crippen LogP contribution is 2.35. The van der Waals surface area contributed by atoms with Crippen LogP contribution in [-0.4, -0.2) is 27.4 Å². The molecule has 0 aromatic carbocycles. The maximum atomic E-state index is 10.9. The fraction of sp³-hybridized carbons (Fsp3) is 0.778. The molecule has 1 atom stereocenters. The predicted octanol–water partition coefficient (Wildman–Crippen LogP) is 2.02. The molecule has 1 N–H and O–H groups in total. The number of carbonyl (C=O) groups is 1. The number of carboxylic acid groups (broad SMARTS) is 1. The van der Waals surface area contributed by atoms with Crippen LogP contribution in [-0.2, 0) is 4.79 Å². The van der Waals surface area contributed by atoms with Crippen LogP contribution in [0.1, 0.15) is 27.7 Å². The Labute approximate surface area is 82.6 Å². The number of hydrogen-bond donors (Lipinski definition) is 1. The summed E-state index contributed by atoms with van der Waals surface area (Å²) in [7, 11) is 0. The molecule has 1 unspecified atom stereocenters. The molecule has 0 fully saturated rings. The molecule has 0 aliphatic carbocycles. The van der Waals surface area contributed by atoms with E-state index in [2.05, 4.69) is 4.99 Å². The van der Waals surface area contributed by atoms with Crippen molar-refractivity contribution in [3.8, 4) is 0 Å². The van der Waals surface area contributed by atoms with E-state index in [4.69, 9.17) is 5.11 Å². The Morgan fingerprint density at radius 3 is 2.38 bits per heavy atom. The first kappa shape index (κ1) is 10.6. The second-order valence-corrected chi connectivity index (χ2v) is 5.50. The van der Waals surface area contributed by atoms with E-state index >= 15 is 0 Å². The smallest absolute Gasteiger partial charge is 0.332 e. The van der Waals surface area contributed by atoms with Gasteiger partial charge in [-0.2, -0.15) is 0 Å². The van der Waals surface area contributed by atoms with Crippen LogP contribution < -0.4 is 0 Å². The van der Waals surface area contributed by atoms with E-state index in [1.807, 2.05) is 20.8 Å². The summed E-state index contributed by atoms with van der Waals surface area (Å²) in [5, 5.41) is 9.88. The zero-order chi connectivity index (χ0) is 10.3. The monoisotopic (exact) mass is 201 g/mol. The number of aliphatic carboxylic acids is 1. The number of nitrogens with zero attached hydrogens (tertiary/aromatic N) is 1. The molecule has 1 aliphatic heterocycles. The number of carboxylic acids is 1. The molecule has 0 aromatic heterocycles. The molecule has 0 aromatic rings. The van der Waals surface area contributed by atoms with Crippen LogP contribution in [0.4, 0.5) is 0 Å². The molecule has 4 heteroatoms. The highest BCUT2D eigenvalue weighted by molar-refractivity contribution is 8.14. The van der Waals surface area contributed by atoms with Crippen LogP contribution in [0.25, 0.3) is 0 Å². The van der Waals surface area contributed by atoms with Crippen LogP contribution in [0.3, 0.4) is 0 Å². The average molecular weight is 201 g/mol. The molecule has 0 radical (unpaired) electrons. The van der Waals surface area contributed by atoms with E-state index in [9.17, 15) is 4.79 Å². The number of aliphatic imine (C=N–C) groups is 1. The van der Waals surface area contributed by atoms with E-state index in [0.717, 1.165) is 5.04 Å². The number of rotatable bonds is 1. The summed E-state index contributed by atoms with van der Waals surface area (Å²) >= 11 is 1.55. The molecule has 1 rings (SSSR count). The summed E-state index contributed by atoms with van der Waals surface area (Å²) in [6.45, 7) is 7.81. The summed E-state index contributed by atoms with van der Waals surface area (Å²) in [6, 6.07) is 0. The van der Waals surface area contributed by atoms with Crippen molar-refractivity contribution < 1.29 is 9.90 Å². The van der Waals surface area contributed by atoms with E-state index in [0.29, 0.717) is 5.75 Å². The predicted molar refractivity (Wildman–Crippen MR) is 55.4 cm³/mol. The average Bonchev–Trinajstić information content (AvgIpc) is 2.31. The lowest BCUT2D eigenvalue weighted by molar-refractivity contribution is -0.141. The maximum Gasteiger partial charge on any atom is 0.332 e. The molecule has 1 heterocycles. The minimum Gasteiger partial charge on any atom is -0.479 e. The third-order valence-corrected chi connectivity index (χ3v) is 3.62. The molecular formula is C9H15NO2S. The van der Waals surface area contributed by atoms with Gasteiger partial charge < -0.3 is 5.11 Å². The zero-order valence-corrected chi connectivity index (χ0v) is 9.23. The van der Waals surface area contributed by atoms with Crippen molar-refractivity contribution in [1.82, 2.24) is 0 Å². The Kier molecular flexibility index (Phi) is 2.45. The van der Waals surface area contributed by atoms with Crippen molar-refractivity contribution >= 4 is 22.8 Å². The second-order valence-electron chi connectivity index (χ2n) is 4.53. The van der Waals surface area contributed by atoms with Crippen molar-refractivity contribution in [3.05, 3.63) is 0 Å². The van der Waals surface area contributed by atoms with Gasteiger partial charge in [0.1, 0.15) is 0 Å². The van der Waals surface area contributed by atoms with Crippen LogP contribution in [0.15, 0.2) is 4.99 Å². The fourth-order valence-corrected chi connectivity index (χ4v) is 2.30. The van der Waals surface area contributed by atoms with Gasteiger partial charge in [-0.3, -0.25) is 4.99 Å². The van der Waals surface area contributed by atoms with E-state index in [1.165, 1.54) is 0 Å².